The lowest BCUT2D eigenvalue weighted by molar-refractivity contribution is 0.177. The first-order chi connectivity index (χ1) is 12.6. The van der Waals surface area contributed by atoms with E-state index in [0.717, 1.165) is 0 Å². The standard InChI is InChI=1S/C15H12BrFN8O/c1-9(7-24-8-19-22-23-24)26-15-10(17)2-3-11(20-15)12-4-5-14-18-6-13(16)25(14)21-12/h2-6,8-9H,7H2,1H3. The van der Waals surface area contributed by atoms with E-state index in [9.17, 15) is 4.39 Å². The summed E-state index contributed by atoms with van der Waals surface area (Å²) in [6.45, 7) is 2.15. The van der Waals surface area contributed by atoms with Gasteiger partial charge in [-0.25, -0.2) is 23.6 Å². The number of nitrogens with zero attached hydrogens (tertiary/aromatic N) is 8. The van der Waals surface area contributed by atoms with E-state index in [1.54, 1.807) is 35.8 Å². The molecule has 132 valence electrons. The molecule has 11 heteroatoms. The fourth-order valence-corrected chi connectivity index (χ4v) is 2.75. The molecule has 4 aromatic rings. The first kappa shape index (κ1) is 16.5. The van der Waals surface area contributed by atoms with Crippen LogP contribution in [0.25, 0.3) is 17.0 Å². The van der Waals surface area contributed by atoms with Gasteiger partial charge in [0.1, 0.15) is 22.7 Å². The normalized spacial score (nSPS) is 12.4. The molecule has 0 aromatic carbocycles. The third-order valence-corrected chi connectivity index (χ3v) is 4.09. The van der Waals surface area contributed by atoms with Crippen LogP contribution in [-0.4, -0.2) is 45.9 Å². The summed E-state index contributed by atoms with van der Waals surface area (Å²) in [5.41, 5.74) is 1.74. The topological polar surface area (TPSA) is 95.9 Å². The number of pyridine rings is 1. The molecule has 0 saturated carbocycles. The number of hydrogen-bond acceptors (Lipinski definition) is 7. The highest BCUT2D eigenvalue weighted by Gasteiger charge is 2.14. The van der Waals surface area contributed by atoms with Crippen LogP contribution in [0.4, 0.5) is 4.39 Å². The number of halogens is 2. The smallest absolute Gasteiger partial charge is 0.251 e. The highest BCUT2D eigenvalue weighted by atomic mass is 79.9. The Hall–Kier alpha value is -2.95. The maximum absolute atomic E-state index is 14.1. The third kappa shape index (κ3) is 3.25. The number of rotatable bonds is 5. The summed E-state index contributed by atoms with van der Waals surface area (Å²) in [6.07, 6.45) is 2.73. The van der Waals surface area contributed by atoms with Crippen LogP contribution in [0.5, 0.6) is 5.88 Å². The van der Waals surface area contributed by atoms with E-state index in [4.69, 9.17) is 4.74 Å². The maximum Gasteiger partial charge on any atom is 0.251 e. The van der Waals surface area contributed by atoms with Crippen LogP contribution in [0.1, 0.15) is 6.92 Å². The van der Waals surface area contributed by atoms with Crippen molar-refractivity contribution in [1.29, 1.82) is 0 Å². The van der Waals surface area contributed by atoms with Gasteiger partial charge in [-0.2, -0.15) is 5.10 Å². The van der Waals surface area contributed by atoms with Gasteiger partial charge >= 0.3 is 0 Å². The number of ether oxygens (including phenoxy) is 1. The zero-order valence-electron chi connectivity index (χ0n) is 13.5. The fourth-order valence-electron chi connectivity index (χ4n) is 2.39. The zero-order valence-corrected chi connectivity index (χ0v) is 15.1. The van der Waals surface area contributed by atoms with E-state index in [-0.39, 0.29) is 12.0 Å². The Balaban J connectivity index is 1.61. The quantitative estimate of drug-likeness (QED) is 0.489. The van der Waals surface area contributed by atoms with Crippen LogP contribution in [0.15, 0.2) is 41.4 Å². The van der Waals surface area contributed by atoms with Crippen molar-refractivity contribution in [2.75, 3.05) is 0 Å². The first-order valence-corrected chi connectivity index (χ1v) is 8.44. The van der Waals surface area contributed by atoms with Gasteiger partial charge in [0.05, 0.1) is 18.4 Å². The molecule has 0 spiro atoms. The molecule has 26 heavy (non-hydrogen) atoms. The van der Waals surface area contributed by atoms with E-state index < -0.39 is 5.82 Å². The molecule has 1 atom stereocenters. The van der Waals surface area contributed by atoms with Crippen molar-refractivity contribution < 1.29 is 9.13 Å². The second kappa shape index (κ2) is 6.75. The predicted octanol–water partition coefficient (Wildman–Crippen LogP) is 2.15. The zero-order chi connectivity index (χ0) is 18.1. The Kier molecular flexibility index (Phi) is 4.29. The molecule has 0 saturated heterocycles. The molecule has 0 fully saturated rings. The summed E-state index contributed by atoms with van der Waals surface area (Å²) in [4.78, 5) is 8.45. The number of fused-ring (bicyclic) bond motifs is 1. The Morgan fingerprint density at radius 2 is 2.08 bits per heavy atom. The minimum Gasteiger partial charge on any atom is -0.471 e. The van der Waals surface area contributed by atoms with Gasteiger partial charge < -0.3 is 4.74 Å². The first-order valence-electron chi connectivity index (χ1n) is 7.65. The summed E-state index contributed by atoms with van der Waals surface area (Å²) in [7, 11) is 0. The van der Waals surface area contributed by atoms with Gasteiger partial charge in [-0.1, -0.05) is 0 Å². The Bertz CT molecular complexity index is 1050. The summed E-state index contributed by atoms with van der Waals surface area (Å²) in [5.74, 6) is -0.656. The lowest BCUT2D eigenvalue weighted by atomic mass is 10.2. The van der Waals surface area contributed by atoms with Crippen molar-refractivity contribution in [3.05, 3.63) is 47.2 Å². The Labute approximate surface area is 155 Å². The van der Waals surface area contributed by atoms with E-state index >= 15 is 0 Å². The van der Waals surface area contributed by atoms with Crippen molar-refractivity contribution in [3.63, 3.8) is 0 Å². The summed E-state index contributed by atoms with van der Waals surface area (Å²) < 4.78 is 23.6. The molecule has 4 aromatic heterocycles. The molecule has 0 amide bonds. The van der Waals surface area contributed by atoms with Crippen LogP contribution in [0.2, 0.25) is 0 Å². The number of hydrogen-bond donors (Lipinski definition) is 0. The molecule has 0 radical (unpaired) electrons. The average Bonchev–Trinajstić information content (AvgIpc) is 3.27. The van der Waals surface area contributed by atoms with E-state index in [2.05, 4.69) is 46.5 Å². The molecule has 4 rings (SSSR count). The van der Waals surface area contributed by atoms with Gasteiger partial charge in [0.2, 0.25) is 0 Å². The molecule has 1 unspecified atom stereocenters. The molecule has 0 aliphatic carbocycles. The van der Waals surface area contributed by atoms with Gasteiger partial charge in [0, 0.05) is 0 Å². The monoisotopic (exact) mass is 418 g/mol. The molecular weight excluding hydrogens is 407 g/mol. The molecule has 0 aliphatic heterocycles. The summed E-state index contributed by atoms with van der Waals surface area (Å²) in [5, 5.41) is 15.3. The van der Waals surface area contributed by atoms with Crippen LogP contribution in [0.3, 0.4) is 0 Å². The van der Waals surface area contributed by atoms with E-state index in [1.165, 1.54) is 17.1 Å². The van der Waals surface area contributed by atoms with Crippen molar-refractivity contribution >= 4 is 21.6 Å². The van der Waals surface area contributed by atoms with Gasteiger partial charge in [-0.05, 0) is 57.5 Å². The third-order valence-electron chi connectivity index (χ3n) is 3.55. The van der Waals surface area contributed by atoms with Crippen LogP contribution in [0, 0.1) is 5.82 Å². The Morgan fingerprint density at radius 3 is 2.88 bits per heavy atom. The minimum atomic E-state index is -0.554. The van der Waals surface area contributed by atoms with Crippen molar-refractivity contribution in [1.82, 2.24) is 39.8 Å². The lowest BCUT2D eigenvalue weighted by Gasteiger charge is -2.14. The number of imidazole rings is 1. The summed E-state index contributed by atoms with van der Waals surface area (Å²) in [6, 6.07) is 6.42. The van der Waals surface area contributed by atoms with Gasteiger partial charge in [0.25, 0.3) is 5.88 Å². The number of aromatic nitrogens is 8. The highest BCUT2D eigenvalue weighted by molar-refractivity contribution is 9.10. The van der Waals surface area contributed by atoms with Crippen LogP contribution >= 0.6 is 15.9 Å². The molecular formula is C15H12BrFN8O. The largest absolute Gasteiger partial charge is 0.471 e. The van der Waals surface area contributed by atoms with Crippen molar-refractivity contribution in [2.24, 2.45) is 0 Å². The van der Waals surface area contributed by atoms with Crippen LogP contribution < -0.4 is 4.74 Å². The molecule has 4 heterocycles. The molecule has 0 aliphatic rings. The average molecular weight is 419 g/mol. The molecule has 0 bridgehead atoms. The van der Waals surface area contributed by atoms with Gasteiger partial charge in [0.15, 0.2) is 11.5 Å². The SMILES string of the molecule is CC(Cn1cnnn1)Oc1nc(-c2ccc3ncc(Br)n3n2)ccc1F. The summed E-state index contributed by atoms with van der Waals surface area (Å²) >= 11 is 3.37. The number of tetrazole rings is 1. The Morgan fingerprint density at radius 1 is 1.23 bits per heavy atom. The molecule has 9 nitrogen and oxygen atoms in total. The lowest BCUT2D eigenvalue weighted by Crippen LogP contribution is -2.21. The van der Waals surface area contributed by atoms with Gasteiger partial charge in [-0.15, -0.1) is 5.10 Å². The van der Waals surface area contributed by atoms with Crippen LogP contribution in [-0.2, 0) is 6.54 Å². The second-order valence-electron chi connectivity index (χ2n) is 5.51. The van der Waals surface area contributed by atoms with Gasteiger partial charge in [-0.3, -0.25) is 0 Å². The highest BCUT2D eigenvalue weighted by Crippen LogP contribution is 2.23. The van der Waals surface area contributed by atoms with E-state index in [0.29, 0.717) is 28.2 Å². The molecule has 0 N–H and O–H groups in total. The fraction of sp³-hybridized carbons (Fsp3) is 0.200. The minimum absolute atomic E-state index is 0.102. The second-order valence-corrected chi connectivity index (χ2v) is 6.33. The predicted molar refractivity (Wildman–Crippen MR) is 91.8 cm³/mol. The maximum atomic E-state index is 14.1. The van der Waals surface area contributed by atoms with E-state index in [1.807, 2.05) is 0 Å². The van der Waals surface area contributed by atoms with Crippen molar-refractivity contribution in [2.45, 2.75) is 19.6 Å². The van der Waals surface area contributed by atoms with Crippen molar-refractivity contribution in [3.8, 4) is 17.3 Å².